The molecule has 3 rings (SSSR count). The van der Waals surface area contributed by atoms with E-state index >= 15 is 0 Å². The van der Waals surface area contributed by atoms with Gasteiger partial charge in [0.05, 0.1) is 11.9 Å². The number of amides is 1. The summed E-state index contributed by atoms with van der Waals surface area (Å²) in [6.07, 6.45) is 1.51. The SMILES string of the molecule is CCN(C(=O)c1ccc(OCc2ccccc2)cn1)c1ccccc1F. The Kier molecular flexibility index (Phi) is 5.59. The van der Waals surface area contributed by atoms with Gasteiger partial charge in [-0.3, -0.25) is 4.79 Å². The highest BCUT2D eigenvalue weighted by Crippen LogP contribution is 2.21. The molecule has 0 unspecified atom stereocenters. The van der Waals surface area contributed by atoms with Crippen LogP contribution in [-0.2, 0) is 6.61 Å². The van der Waals surface area contributed by atoms with E-state index in [9.17, 15) is 9.18 Å². The van der Waals surface area contributed by atoms with Crippen LogP contribution in [0.15, 0.2) is 72.9 Å². The number of benzene rings is 2. The van der Waals surface area contributed by atoms with Gasteiger partial charge in [0.1, 0.15) is 23.9 Å². The van der Waals surface area contributed by atoms with Crippen molar-refractivity contribution in [2.75, 3.05) is 11.4 Å². The van der Waals surface area contributed by atoms with Crippen LogP contribution in [-0.4, -0.2) is 17.4 Å². The minimum absolute atomic E-state index is 0.238. The molecule has 0 aliphatic rings. The molecule has 3 aromatic rings. The maximum Gasteiger partial charge on any atom is 0.276 e. The van der Waals surface area contributed by atoms with Crippen molar-refractivity contribution < 1.29 is 13.9 Å². The van der Waals surface area contributed by atoms with Crippen LogP contribution in [0.4, 0.5) is 10.1 Å². The Hall–Kier alpha value is -3.21. The molecule has 0 radical (unpaired) electrons. The maximum absolute atomic E-state index is 14.0. The number of hydrogen-bond donors (Lipinski definition) is 0. The first-order valence-electron chi connectivity index (χ1n) is 8.38. The van der Waals surface area contributed by atoms with Crippen molar-refractivity contribution in [3.8, 4) is 5.75 Å². The number of halogens is 1. The predicted molar refractivity (Wildman–Crippen MR) is 98.8 cm³/mol. The van der Waals surface area contributed by atoms with E-state index in [1.807, 2.05) is 30.3 Å². The molecule has 0 N–H and O–H groups in total. The summed E-state index contributed by atoms with van der Waals surface area (Å²) in [4.78, 5) is 18.2. The van der Waals surface area contributed by atoms with Gasteiger partial charge in [0.15, 0.2) is 0 Å². The van der Waals surface area contributed by atoms with Crippen LogP contribution in [0, 0.1) is 5.82 Å². The summed E-state index contributed by atoms with van der Waals surface area (Å²) in [6.45, 7) is 2.56. The second-order valence-corrected chi connectivity index (χ2v) is 5.65. The highest BCUT2D eigenvalue weighted by molar-refractivity contribution is 6.04. The standard InChI is InChI=1S/C21H19FN2O2/c1-2-24(20-11-7-6-10-18(20)22)21(25)19-13-12-17(14-23-19)26-15-16-8-4-3-5-9-16/h3-14H,2,15H2,1H3. The van der Waals surface area contributed by atoms with Gasteiger partial charge in [0, 0.05) is 6.54 Å². The fourth-order valence-corrected chi connectivity index (χ4v) is 2.57. The Morgan fingerprint density at radius 3 is 2.42 bits per heavy atom. The molecule has 0 bridgehead atoms. The average Bonchev–Trinajstić information content (AvgIpc) is 2.69. The van der Waals surface area contributed by atoms with E-state index in [1.54, 1.807) is 37.3 Å². The minimum Gasteiger partial charge on any atom is -0.487 e. The lowest BCUT2D eigenvalue weighted by Gasteiger charge is -2.21. The van der Waals surface area contributed by atoms with Crippen molar-refractivity contribution in [2.45, 2.75) is 13.5 Å². The third-order valence-electron chi connectivity index (χ3n) is 3.91. The first-order chi connectivity index (χ1) is 12.7. The van der Waals surface area contributed by atoms with E-state index in [-0.39, 0.29) is 17.3 Å². The Morgan fingerprint density at radius 2 is 1.77 bits per heavy atom. The molecular formula is C21H19FN2O2. The fourth-order valence-electron chi connectivity index (χ4n) is 2.57. The fraction of sp³-hybridized carbons (Fsp3) is 0.143. The van der Waals surface area contributed by atoms with Gasteiger partial charge < -0.3 is 9.64 Å². The lowest BCUT2D eigenvalue weighted by atomic mass is 10.2. The van der Waals surface area contributed by atoms with Crippen LogP contribution in [0.2, 0.25) is 0 Å². The third-order valence-corrected chi connectivity index (χ3v) is 3.91. The number of carbonyl (C=O) groups excluding carboxylic acids is 1. The van der Waals surface area contributed by atoms with Crippen LogP contribution in [0.5, 0.6) is 5.75 Å². The molecule has 1 heterocycles. The van der Waals surface area contributed by atoms with Crippen LogP contribution in [0.1, 0.15) is 23.0 Å². The third kappa shape index (κ3) is 4.06. The molecule has 0 saturated carbocycles. The van der Waals surface area contributed by atoms with Gasteiger partial charge in [-0.1, -0.05) is 42.5 Å². The molecule has 0 saturated heterocycles. The summed E-state index contributed by atoms with van der Waals surface area (Å²) in [5, 5.41) is 0. The van der Waals surface area contributed by atoms with Crippen molar-refractivity contribution in [3.63, 3.8) is 0 Å². The molecule has 0 aliphatic heterocycles. The van der Waals surface area contributed by atoms with E-state index in [2.05, 4.69) is 4.98 Å². The smallest absolute Gasteiger partial charge is 0.276 e. The second-order valence-electron chi connectivity index (χ2n) is 5.65. The van der Waals surface area contributed by atoms with Gasteiger partial charge in [-0.05, 0) is 36.8 Å². The topological polar surface area (TPSA) is 42.4 Å². The normalized spacial score (nSPS) is 10.4. The lowest BCUT2D eigenvalue weighted by Crippen LogP contribution is -2.32. The van der Waals surface area contributed by atoms with Crippen LogP contribution in [0.25, 0.3) is 0 Å². The number of carbonyl (C=O) groups is 1. The summed E-state index contributed by atoms with van der Waals surface area (Å²) < 4.78 is 19.7. The molecule has 4 nitrogen and oxygen atoms in total. The maximum atomic E-state index is 14.0. The Balaban J connectivity index is 1.71. The van der Waals surface area contributed by atoms with Crippen molar-refractivity contribution in [1.82, 2.24) is 4.98 Å². The number of nitrogens with zero attached hydrogens (tertiary/aromatic N) is 2. The molecule has 0 atom stereocenters. The molecule has 132 valence electrons. The monoisotopic (exact) mass is 350 g/mol. The molecule has 0 spiro atoms. The molecule has 1 aromatic heterocycles. The van der Waals surface area contributed by atoms with E-state index in [4.69, 9.17) is 4.74 Å². The summed E-state index contributed by atoms with van der Waals surface area (Å²) in [6, 6.07) is 19.3. The van der Waals surface area contributed by atoms with E-state index in [1.165, 1.54) is 17.2 Å². The average molecular weight is 350 g/mol. The highest BCUT2D eigenvalue weighted by Gasteiger charge is 2.20. The van der Waals surface area contributed by atoms with Crippen molar-refractivity contribution in [1.29, 1.82) is 0 Å². The van der Waals surface area contributed by atoms with Crippen LogP contribution in [0.3, 0.4) is 0 Å². The van der Waals surface area contributed by atoms with Gasteiger partial charge in [-0.2, -0.15) is 0 Å². The van der Waals surface area contributed by atoms with E-state index in [0.29, 0.717) is 18.9 Å². The van der Waals surface area contributed by atoms with Gasteiger partial charge in [-0.15, -0.1) is 0 Å². The van der Waals surface area contributed by atoms with Gasteiger partial charge in [-0.25, -0.2) is 9.37 Å². The first-order valence-corrected chi connectivity index (χ1v) is 8.38. The molecule has 5 heteroatoms. The largest absolute Gasteiger partial charge is 0.487 e. The molecular weight excluding hydrogens is 331 g/mol. The summed E-state index contributed by atoms with van der Waals surface area (Å²) >= 11 is 0. The molecule has 1 amide bonds. The first kappa shape index (κ1) is 17.6. The van der Waals surface area contributed by atoms with Crippen molar-refractivity contribution in [3.05, 3.63) is 90.0 Å². The molecule has 0 aliphatic carbocycles. The number of anilines is 1. The Morgan fingerprint density at radius 1 is 1.04 bits per heavy atom. The number of aromatic nitrogens is 1. The quantitative estimate of drug-likeness (QED) is 0.659. The van der Waals surface area contributed by atoms with Gasteiger partial charge >= 0.3 is 0 Å². The zero-order chi connectivity index (χ0) is 18.4. The lowest BCUT2D eigenvalue weighted by molar-refractivity contribution is 0.0982. The molecule has 26 heavy (non-hydrogen) atoms. The Bertz CT molecular complexity index is 867. The second kappa shape index (κ2) is 8.25. The summed E-state index contributed by atoms with van der Waals surface area (Å²) in [5.74, 6) is -0.225. The summed E-state index contributed by atoms with van der Waals surface area (Å²) in [7, 11) is 0. The van der Waals surface area contributed by atoms with Crippen LogP contribution < -0.4 is 9.64 Å². The number of ether oxygens (including phenoxy) is 1. The Labute approximate surface area is 151 Å². The van der Waals surface area contributed by atoms with E-state index in [0.717, 1.165) is 5.56 Å². The zero-order valence-electron chi connectivity index (χ0n) is 14.4. The number of rotatable bonds is 6. The molecule has 2 aromatic carbocycles. The highest BCUT2D eigenvalue weighted by atomic mass is 19.1. The predicted octanol–water partition coefficient (Wildman–Crippen LogP) is 4.47. The van der Waals surface area contributed by atoms with Crippen molar-refractivity contribution >= 4 is 11.6 Å². The van der Waals surface area contributed by atoms with Gasteiger partial charge in [0.2, 0.25) is 0 Å². The number of para-hydroxylation sites is 1. The summed E-state index contributed by atoms with van der Waals surface area (Å²) in [5.41, 5.74) is 1.53. The van der Waals surface area contributed by atoms with Gasteiger partial charge in [0.25, 0.3) is 5.91 Å². The number of hydrogen-bond acceptors (Lipinski definition) is 3. The zero-order valence-corrected chi connectivity index (χ0v) is 14.4. The number of pyridine rings is 1. The van der Waals surface area contributed by atoms with E-state index < -0.39 is 5.82 Å². The van der Waals surface area contributed by atoms with Crippen molar-refractivity contribution in [2.24, 2.45) is 0 Å². The van der Waals surface area contributed by atoms with Crippen LogP contribution >= 0.6 is 0 Å². The minimum atomic E-state index is -0.439. The molecule has 0 fully saturated rings.